The monoisotopic (exact) mass is 550 g/mol. The molecule has 0 spiro atoms. The van der Waals surface area contributed by atoms with Crippen molar-refractivity contribution < 1.29 is 9.90 Å². The Bertz CT molecular complexity index is 2010. The first kappa shape index (κ1) is 24.3. The van der Waals surface area contributed by atoms with Crippen molar-refractivity contribution in [1.82, 2.24) is 24.8 Å². The van der Waals surface area contributed by atoms with Gasteiger partial charge in [0.1, 0.15) is 5.82 Å². The molecule has 204 valence electrons. The van der Waals surface area contributed by atoms with E-state index in [1.54, 1.807) is 12.4 Å². The lowest BCUT2D eigenvalue weighted by atomic mass is 9.71. The van der Waals surface area contributed by atoms with Gasteiger partial charge in [-0.15, -0.1) is 0 Å². The van der Waals surface area contributed by atoms with E-state index in [1.165, 1.54) is 0 Å². The van der Waals surface area contributed by atoms with Crippen molar-refractivity contribution in [3.05, 3.63) is 109 Å². The first-order valence-electron chi connectivity index (χ1n) is 14.0. The van der Waals surface area contributed by atoms with Gasteiger partial charge in [0.05, 0.1) is 33.8 Å². The SMILES string of the molecule is O=C(O)NC1(c2ccc(-c3c(-c4ccc5ncccc5c4)nc4n3-c3cccnc3Nc3ccccc3-4)cc2)CCC1. The van der Waals surface area contributed by atoms with E-state index in [-0.39, 0.29) is 0 Å². The molecule has 3 aromatic carbocycles. The Labute approximate surface area is 241 Å². The largest absolute Gasteiger partial charge is 0.465 e. The summed E-state index contributed by atoms with van der Waals surface area (Å²) >= 11 is 0. The lowest BCUT2D eigenvalue weighted by Gasteiger charge is -2.42. The summed E-state index contributed by atoms with van der Waals surface area (Å²) in [5.41, 5.74) is 7.89. The summed E-state index contributed by atoms with van der Waals surface area (Å²) in [6, 6.07) is 30.6. The predicted molar refractivity (Wildman–Crippen MR) is 163 cm³/mol. The number of pyridine rings is 2. The van der Waals surface area contributed by atoms with Crippen molar-refractivity contribution in [2.75, 3.05) is 5.32 Å². The molecule has 8 rings (SSSR count). The molecular formula is C34H26N6O2. The number of carbonyl (C=O) groups is 1. The first-order valence-corrected chi connectivity index (χ1v) is 14.0. The molecule has 3 N–H and O–H groups in total. The van der Waals surface area contributed by atoms with Gasteiger partial charge >= 0.3 is 6.09 Å². The Balaban J connectivity index is 1.39. The quantitative estimate of drug-likeness (QED) is 0.209. The summed E-state index contributed by atoms with van der Waals surface area (Å²) in [7, 11) is 0. The molecule has 1 saturated carbocycles. The number of hydrogen-bond acceptors (Lipinski definition) is 5. The highest BCUT2D eigenvalue weighted by Gasteiger charge is 2.40. The number of carboxylic acid groups (broad SMARTS) is 1. The van der Waals surface area contributed by atoms with Crippen molar-refractivity contribution >= 4 is 28.5 Å². The molecule has 42 heavy (non-hydrogen) atoms. The molecule has 0 unspecified atom stereocenters. The van der Waals surface area contributed by atoms with Crippen LogP contribution in [-0.2, 0) is 5.54 Å². The molecule has 8 heteroatoms. The maximum atomic E-state index is 11.6. The Hall–Kier alpha value is -5.50. The van der Waals surface area contributed by atoms with Crippen LogP contribution in [0.15, 0.2) is 103 Å². The summed E-state index contributed by atoms with van der Waals surface area (Å²) < 4.78 is 2.19. The minimum atomic E-state index is -0.997. The molecule has 0 bridgehead atoms. The number of para-hydroxylation sites is 1. The van der Waals surface area contributed by atoms with Crippen LogP contribution in [0.3, 0.4) is 0 Å². The van der Waals surface area contributed by atoms with Crippen LogP contribution >= 0.6 is 0 Å². The Morgan fingerprint density at radius 1 is 0.881 bits per heavy atom. The molecule has 1 aliphatic heterocycles. The van der Waals surface area contributed by atoms with Gasteiger partial charge in [0.25, 0.3) is 0 Å². The highest BCUT2D eigenvalue weighted by molar-refractivity contribution is 5.93. The Kier molecular flexibility index (Phi) is 5.37. The van der Waals surface area contributed by atoms with E-state index in [0.29, 0.717) is 0 Å². The highest BCUT2D eigenvalue weighted by atomic mass is 16.4. The second kappa shape index (κ2) is 9.27. The molecule has 2 aliphatic rings. The second-order valence-electron chi connectivity index (χ2n) is 10.9. The molecule has 0 saturated heterocycles. The maximum absolute atomic E-state index is 11.6. The molecule has 0 radical (unpaired) electrons. The zero-order valence-electron chi connectivity index (χ0n) is 22.6. The smallest absolute Gasteiger partial charge is 0.405 e. The number of benzene rings is 3. The fourth-order valence-corrected chi connectivity index (χ4v) is 6.28. The standard InChI is InChI=1S/C34H26N6O2/c41-33(42)39-34(16-5-17-34)24-13-10-21(11-14-24)30-29(23-12-15-26-22(20-23)6-3-18-35-26)38-32-25-7-1-2-8-27(25)37-31-28(40(30)32)9-4-19-36-31/h1-4,6-15,18-20,39H,5,16-17H2,(H,36,37)(H,41,42). The van der Waals surface area contributed by atoms with Crippen LogP contribution in [0, 0.1) is 0 Å². The van der Waals surface area contributed by atoms with E-state index < -0.39 is 11.6 Å². The zero-order valence-corrected chi connectivity index (χ0v) is 22.6. The zero-order chi connectivity index (χ0) is 28.3. The third-order valence-corrected chi connectivity index (χ3v) is 8.47. The topological polar surface area (TPSA) is 105 Å². The molecule has 1 fully saturated rings. The number of fused-ring (bicyclic) bond motifs is 6. The minimum absolute atomic E-state index is 0.535. The van der Waals surface area contributed by atoms with Gasteiger partial charge in [-0.25, -0.2) is 14.8 Å². The fraction of sp³-hybridized carbons (Fsp3) is 0.118. The number of amides is 1. The van der Waals surface area contributed by atoms with Gasteiger partial charge in [-0.3, -0.25) is 9.55 Å². The summed E-state index contributed by atoms with van der Waals surface area (Å²) in [5.74, 6) is 1.56. The maximum Gasteiger partial charge on any atom is 0.405 e. The number of imidazole rings is 1. The van der Waals surface area contributed by atoms with E-state index in [2.05, 4.69) is 62.6 Å². The average Bonchev–Trinajstić information content (AvgIpc) is 3.33. The number of anilines is 2. The average molecular weight is 551 g/mol. The van der Waals surface area contributed by atoms with Crippen LogP contribution in [0.5, 0.6) is 0 Å². The minimum Gasteiger partial charge on any atom is -0.465 e. The van der Waals surface area contributed by atoms with Gasteiger partial charge in [0, 0.05) is 34.5 Å². The molecule has 1 amide bonds. The van der Waals surface area contributed by atoms with Gasteiger partial charge < -0.3 is 15.7 Å². The van der Waals surface area contributed by atoms with Crippen molar-refractivity contribution in [2.45, 2.75) is 24.8 Å². The second-order valence-corrected chi connectivity index (χ2v) is 10.9. The third kappa shape index (κ3) is 3.76. The van der Waals surface area contributed by atoms with Gasteiger partial charge in [-0.1, -0.05) is 48.5 Å². The molecule has 4 heterocycles. The van der Waals surface area contributed by atoms with Gasteiger partial charge in [0.2, 0.25) is 0 Å². The molecule has 3 aromatic heterocycles. The van der Waals surface area contributed by atoms with Crippen LogP contribution in [0.4, 0.5) is 16.3 Å². The third-order valence-electron chi connectivity index (χ3n) is 8.47. The molecule has 1 aliphatic carbocycles. The van der Waals surface area contributed by atoms with E-state index >= 15 is 0 Å². The Morgan fingerprint density at radius 3 is 2.48 bits per heavy atom. The molecular weight excluding hydrogens is 524 g/mol. The summed E-state index contributed by atoms with van der Waals surface area (Å²) in [6.45, 7) is 0. The van der Waals surface area contributed by atoms with Crippen LogP contribution in [-0.4, -0.2) is 30.7 Å². The van der Waals surface area contributed by atoms with Gasteiger partial charge in [-0.2, -0.15) is 0 Å². The van der Waals surface area contributed by atoms with Crippen LogP contribution in [0.2, 0.25) is 0 Å². The molecule has 8 nitrogen and oxygen atoms in total. The Morgan fingerprint density at radius 2 is 1.67 bits per heavy atom. The highest BCUT2D eigenvalue weighted by Crippen LogP contribution is 2.46. The normalized spacial score (nSPS) is 14.5. The number of nitrogens with zero attached hydrogens (tertiary/aromatic N) is 4. The summed E-state index contributed by atoms with van der Waals surface area (Å²) in [6.07, 6.45) is 5.17. The number of rotatable bonds is 4. The van der Waals surface area contributed by atoms with Crippen molar-refractivity contribution in [3.8, 4) is 39.6 Å². The van der Waals surface area contributed by atoms with Crippen molar-refractivity contribution in [1.29, 1.82) is 0 Å². The summed E-state index contributed by atoms with van der Waals surface area (Å²) in [5, 5.41) is 16.8. The first-order chi connectivity index (χ1) is 20.6. The molecule has 0 atom stereocenters. The summed E-state index contributed by atoms with van der Waals surface area (Å²) in [4.78, 5) is 26.1. The fourth-order valence-electron chi connectivity index (χ4n) is 6.28. The molecule has 6 aromatic rings. The van der Waals surface area contributed by atoms with Gasteiger partial charge in [-0.05, 0) is 67.3 Å². The number of nitrogens with one attached hydrogen (secondary N) is 2. The van der Waals surface area contributed by atoms with Gasteiger partial charge in [0.15, 0.2) is 5.82 Å². The number of aromatic nitrogens is 4. The van der Waals surface area contributed by atoms with E-state index in [4.69, 9.17) is 9.97 Å². The van der Waals surface area contributed by atoms with E-state index in [0.717, 1.165) is 86.8 Å². The predicted octanol–water partition coefficient (Wildman–Crippen LogP) is 7.52. The van der Waals surface area contributed by atoms with Crippen molar-refractivity contribution in [2.24, 2.45) is 0 Å². The van der Waals surface area contributed by atoms with Crippen LogP contribution in [0.25, 0.3) is 50.5 Å². The van der Waals surface area contributed by atoms with Crippen LogP contribution < -0.4 is 10.6 Å². The van der Waals surface area contributed by atoms with E-state index in [1.807, 2.05) is 48.5 Å². The number of hydrogen-bond donors (Lipinski definition) is 3. The lowest BCUT2D eigenvalue weighted by Crippen LogP contribution is -2.50. The van der Waals surface area contributed by atoms with Crippen LogP contribution in [0.1, 0.15) is 24.8 Å². The van der Waals surface area contributed by atoms with E-state index in [9.17, 15) is 9.90 Å². The lowest BCUT2D eigenvalue weighted by molar-refractivity contribution is 0.144. The van der Waals surface area contributed by atoms with Crippen molar-refractivity contribution in [3.63, 3.8) is 0 Å².